The van der Waals surface area contributed by atoms with Crippen LogP contribution < -0.4 is 11.1 Å². The number of nitrogens with two attached hydrogens (primary N) is 1. The molecule has 0 atom stereocenters. The van der Waals surface area contributed by atoms with Crippen LogP contribution in [0, 0.1) is 0 Å². The molecule has 14 heavy (non-hydrogen) atoms. The second-order valence-corrected chi connectivity index (χ2v) is 3.01. The van der Waals surface area contributed by atoms with Crippen LogP contribution in [0.5, 0.6) is 0 Å². The van der Waals surface area contributed by atoms with Gasteiger partial charge in [0, 0.05) is 11.6 Å². The number of rotatable bonds is 3. The highest BCUT2D eigenvalue weighted by Crippen LogP contribution is 1.87. The first-order valence-electron chi connectivity index (χ1n) is 4.19. The summed E-state index contributed by atoms with van der Waals surface area (Å²) in [6.45, 7) is 12.1. The van der Waals surface area contributed by atoms with Crippen molar-refractivity contribution >= 4 is 11.8 Å². The highest BCUT2D eigenvalue weighted by atomic mass is 16.2. The summed E-state index contributed by atoms with van der Waals surface area (Å²) in [6.07, 6.45) is 1.06. The molecule has 0 aliphatic rings. The molecule has 0 aliphatic carbocycles. The average molecular weight is 198 g/mol. The summed E-state index contributed by atoms with van der Waals surface area (Å²) in [7, 11) is 0. The van der Waals surface area contributed by atoms with E-state index in [1.54, 1.807) is 6.92 Å². The van der Waals surface area contributed by atoms with Gasteiger partial charge in [-0.1, -0.05) is 13.2 Å². The Hall–Kier alpha value is -1.58. The fourth-order valence-electron chi connectivity index (χ4n) is 0.385. The van der Waals surface area contributed by atoms with Gasteiger partial charge in [0.2, 0.25) is 11.8 Å². The molecule has 0 aliphatic heterocycles. The number of hydrogen-bond donors (Lipinski definition) is 2. The van der Waals surface area contributed by atoms with Gasteiger partial charge in [-0.15, -0.1) is 0 Å². The predicted octanol–water partition coefficient (Wildman–Crippen LogP) is 0.745. The molecule has 0 fully saturated rings. The molecule has 0 aromatic carbocycles. The van der Waals surface area contributed by atoms with Crippen LogP contribution in [0.4, 0.5) is 0 Å². The Bertz CT molecular complexity index is 232. The van der Waals surface area contributed by atoms with E-state index in [0.29, 0.717) is 5.57 Å². The van der Waals surface area contributed by atoms with Gasteiger partial charge in [-0.2, -0.15) is 0 Å². The van der Waals surface area contributed by atoms with Crippen LogP contribution in [-0.2, 0) is 9.59 Å². The van der Waals surface area contributed by atoms with Crippen LogP contribution >= 0.6 is 0 Å². The third-order valence-corrected chi connectivity index (χ3v) is 1.01. The molecule has 4 nitrogen and oxygen atoms in total. The number of hydrogen-bond acceptors (Lipinski definition) is 2. The molecule has 0 aromatic heterocycles. The van der Waals surface area contributed by atoms with Crippen molar-refractivity contribution < 1.29 is 9.59 Å². The van der Waals surface area contributed by atoms with Crippen molar-refractivity contribution in [2.24, 2.45) is 5.73 Å². The van der Waals surface area contributed by atoms with Crippen molar-refractivity contribution in [2.45, 2.75) is 26.8 Å². The molecule has 0 aromatic rings. The van der Waals surface area contributed by atoms with Crippen LogP contribution in [-0.4, -0.2) is 17.9 Å². The molecular formula is C10H18N2O2. The first kappa shape index (κ1) is 14.9. The summed E-state index contributed by atoms with van der Waals surface area (Å²) in [5.41, 5.74) is 5.09. The number of nitrogens with one attached hydrogen (secondary N) is 1. The van der Waals surface area contributed by atoms with Crippen LogP contribution in [0.2, 0.25) is 0 Å². The minimum Gasteiger partial charge on any atom is -0.366 e. The quantitative estimate of drug-likeness (QED) is 0.657. The van der Waals surface area contributed by atoms with E-state index in [4.69, 9.17) is 0 Å². The molecule has 0 spiro atoms. The lowest BCUT2D eigenvalue weighted by atomic mass is 10.3. The van der Waals surface area contributed by atoms with Gasteiger partial charge in [0.25, 0.3) is 0 Å². The minimum absolute atomic E-state index is 0.0648. The Morgan fingerprint density at radius 3 is 1.86 bits per heavy atom. The van der Waals surface area contributed by atoms with Gasteiger partial charge < -0.3 is 11.1 Å². The number of primary amides is 1. The van der Waals surface area contributed by atoms with Gasteiger partial charge in [0.05, 0.1) is 0 Å². The Morgan fingerprint density at radius 2 is 1.79 bits per heavy atom. The summed E-state index contributed by atoms with van der Waals surface area (Å²) < 4.78 is 0. The SMILES string of the molecule is C=C(C)C(=O)NC(C)C.C=CC(N)=O. The fraction of sp³-hybridized carbons (Fsp3) is 0.400. The van der Waals surface area contributed by atoms with E-state index in [0.717, 1.165) is 6.08 Å². The van der Waals surface area contributed by atoms with Gasteiger partial charge in [0.1, 0.15) is 0 Å². The maximum atomic E-state index is 10.7. The molecule has 0 saturated heterocycles. The van der Waals surface area contributed by atoms with Crippen molar-refractivity contribution in [3.63, 3.8) is 0 Å². The molecule has 0 radical (unpaired) electrons. The molecule has 4 heteroatoms. The molecule has 80 valence electrons. The van der Waals surface area contributed by atoms with E-state index in [1.807, 2.05) is 13.8 Å². The molecule has 3 N–H and O–H groups in total. The van der Waals surface area contributed by atoms with E-state index < -0.39 is 5.91 Å². The molecule has 0 heterocycles. The Balaban J connectivity index is 0. The number of amides is 2. The third-order valence-electron chi connectivity index (χ3n) is 1.01. The lowest BCUT2D eigenvalue weighted by Crippen LogP contribution is -2.30. The van der Waals surface area contributed by atoms with Gasteiger partial charge in [0.15, 0.2) is 0 Å². The monoisotopic (exact) mass is 198 g/mol. The standard InChI is InChI=1S/C7H13NO.C3H5NO/c1-5(2)7(9)8-6(3)4;1-2-3(4)5/h6H,1H2,2-4H3,(H,8,9);2H,1H2,(H2,4,5). The van der Waals surface area contributed by atoms with Gasteiger partial charge in [-0.3, -0.25) is 9.59 Å². The minimum atomic E-state index is -0.481. The van der Waals surface area contributed by atoms with Crippen molar-refractivity contribution in [3.05, 3.63) is 24.8 Å². The van der Waals surface area contributed by atoms with Gasteiger partial charge in [-0.05, 0) is 26.8 Å². The Labute approximate surface area is 84.9 Å². The van der Waals surface area contributed by atoms with Crippen molar-refractivity contribution in [3.8, 4) is 0 Å². The largest absolute Gasteiger partial charge is 0.366 e. The zero-order valence-corrected chi connectivity index (χ0v) is 8.96. The van der Waals surface area contributed by atoms with Crippen LogP contribution in [0.3, 0.4) is 0 Å². The van der Waals surface area contributed by atoms with Gasteiger partial charge in [-0.25, -0.2) is 0 Å². The summed E-state index contributed by atoms with van der Waals surface area (Å²) in [6, 6.07) is 0.203. The Kier molecular flexibility index (Phi) is 8.57. The third kappa shape index (κ3) is 13.0. The maximum Gasteiger partial charge on any atom is 0.246 e. The Morgan fingerprint density at radius 1 is 1.43 bits per heavy atom. The summed E-state index contributed by atoms with van der Waals surface area (Å²) in [4.78, 5) is 20.2. The zero-order valence-electron chi connectivity index (χ0n) is 8.96. The summed E-state index contributed by atoms with van der Waals surface area (Å²) >= 11 is 0. The number of carbonyl (C=O) groups excluding carboxylic acids is 2. The van der Waals surface area contributed by atoms with E-state index in [9.17, 15) is 9.59 Å². The van der Waals surface area contributed by atoms with Crippen LogP contribution in [0.1, 0.15) is 20.8 Å². The normalized spacial score (nSPS) is 8.29. The summed E-state index contributed by atoms with van der Waals surface area (Å²) in [5.74, 6) is -0.546. The highest BCUT2D eigenvalue weighted by Gasteiger charge is 2.00. The zero-order chi connectivity index (χ0) is 11.7. The average Bonchev–Trinajstić information content (AvgIpc) is 2.04. The lowest BCUT2D eigenvalue weighted by molar-refractivity contribution is -0.118. The van der Waals surface area contributed by atoms with Crippen molar-refractivity contribution in [1.82, 2.24) is 5.32 Å². The van der Waals surface area contributed by atoms with E-state index in [1.165, 1.54) is 0 Å². The first-order chi connectivity index (χ1) is 6.31. The molecule has 0 bridgehead atoms. The van der Waals surface area contributed by atoms with Crippen molar-refractivity contribution in [1.29, 1.82) is 0 Å². The van der Waals surface area contributed by atoms with Gasteiger partial charge >= 0.3 is 0 Å². The fourth-order valence-corrected chi connectivity index (χ4v) is 0.385. The molecular weight excluding hydrogens is 180 g/mol. The molecule has 2 amide bonds. The molecule has 0 saturated carbocycles. The molecule has 0 rings (SSSR count). The second-order valence-electron chi connectivity index (χ2n) is 3.01. The van der Waals surface area contributed by atoms with E-state index >= 15 is 0 Å². The van der Waals surface area contributed by atoms with Crippen LogP contribution in [0.25, 0.3) is 0 Å². The lowest BCUT2D eigenvalue weighted by Gasteiger charge is -2.06. The second kappa shape index (κ2) is 8.04. The van der Waals surface area contributed by atoms with E-state index in [-0.39, 0.29) is 11.9 Å². The van der Waals surface area contributed by atoms with E-state index in [2.05, 4.69) is 24.2 Å². The topological polar surface area (TPSA) is 72.2 Å². The maximum absolute atomic E-state index is 10.7. The predicted molar refractivity (Wildman–Crippen MR) is 57.5 cm³/mol. The number of carbonyl (C=O) groups is 2. The van der Waals surface area contributed by atoms with Crippen molar-refractivity contribution in [2.75, 3.05) is 0 Å². The smallest absolute Gasteiger partial charge is 0.246 e. The highest BCUT2D eigenvalue weighted by molar-refractivity contribution is 5.92. The first-order valence-corrected chi connectivity index (χ1v) is 4.19. The van der Waals surface area contributed by atoms with Crippen LogP contribution in [0.15, 0.2) is 24.8 Å². The molecule has 0 unspecified atom stereocenters. The summed E-state index contributed by atoms with van der Waals surface area (Å²) in [5, 5.41) is 2.70.